The molecule has 0 aliphatic carbocycles. The first kappa shape index (κ1) is 21.4. The molecule has 2 aliphatic heterocycles. The van der Waals surface area contributed by atoms with Crippen molar-refractivity contribution >= 4 is 17.7 Å². The summed E-state index contributed by atoms with van der Waals surface area (Å²) in [5, 5.41) is 16.7. The Morgan fingerprint density at radius 3 is 2.65 bits per heavy atom. The first-order chi connectivity index (χ1) is 14.8. The van der Waals surface area contributed by atoms with Gasteiger partial charge in [-0.3, -0.25) is 0 Å². The van der Waals surface area contributed by atoms with Crippen LogP contribution in [0.25, 0.3) is 6.08 Å². The van der Waals surface area contributed by atoms with E-state index in [0.29, 0.717) is 55.0 Å². The summed E-state index contributed by atoms with van der Waals surface area (Å²) in [6, 6.07) is 3.32. The van der Waals surface area contributed by atoms with Gasteiger partial charge in [0.05, 0.1) is 36.1 Å². The van der Waals surface area contributed by atoms with E-state index in [4.69, 9.17) is 4.74 Å². The Labute approximate surface area is 178 Å². The van der Waals surface area contributed by atoms with E-state index >= 15 is 0 Å². The second kappa shape index (κ2) is 8.72. The summed E-state index contributed by atoms with van der Waals surface area (Å²) in [4.78, 5) is 10.8. The number of nitrogens with zero attached hydrogens (tertiary/aromatic N) is 3. The van der Waals surface area contributed by atoms with Crippen LogP contribution in [0, 0.1) is 12.7 Å². The van der Waals surface area contributed by atoms with E-state index in [-0.39, 0.29) is 5.56 Å². The van der Waals surface area contributed by atoms with Crippen LogP contribution in [0.5, 0.6) is 0 Å². The van der Waals surface area contributed by atoms with Crippen LogP contribution < -0.4 is 10.6 Å². The molecule has 1 unspecified atom stereocenters. The number of hydrogen-bond acceptors (Lipinski definition) is 7. The van der Waals surface area contributed by atoms with E-state index in [1.165, 1.54) is 12.1 Å². The van der Waals surface area contributed by atoms with Crippen LogP contribution in [-0.2, 0) is 4.74 Å². The molecule has 0 saturated carbocycles. The number of anilines is 2. The predicted octanol–water partition coefficient (Wildman–Crippen LogP) is 3.45. The quantitative estimate of drug-likeness (QED) is 0.664. The number of aliphatic hydroxyl groups excluding tert-OH is 1. The van der Waals surface area contributed by atoms with Gasteiger partial charge in [-0.2, -0.15) is 0 Å². The number of hydrogen-bond donors (Lipinski definition) is 3. The van der Waals surface area contributed by atoms with Gasteiger partial charge in [-0.25, -0.2) is 23.1 Å². The van der Waals surface area contributed by atoms with Crippen LogP contribution in [-0.4, -0.2) is 52.5 Å². The van der Waals surface area contributed by atoms with E-state index in [1.807, 2.05) is 4.90 Å². The van der Waals surface area contributed by atoms with Crippen LogP contribution in [0.4, 0.5) is 24.8 Å². The fourth-order valence-corrected chi connectivity index (χ4v) is 3.81. The molecule has 1 aromatic heterocycles. The van der Waals surface area contributed by atoms with Crippen molar-refractivity contribution in [2.24, 2.45) is 0 Å². The molecule has 4 rings (SSSR count). The Balaban J connectivity index is 1.68. The molecule has 2 aliphatic rings. The van der Waals surface area contributed by atoms with Crippen molar-refractivity contribution in [3.8, 4) is 0 Å². The number of fused-ring (bicyclic) bond motifs is 1. The van der Waals surface area contributed by atoms with E-state index in [2.05, 4.69) is 20.6 Å². The summed E-state index contributed by atoms with van der Waals surface area (Å²) in [5.41, 5.74) is 0.745. The molecule has 0 amide bonds. The third-order valence-electron chi connectivity index (χ3n) is 5.39. The van der Waals surface area contributed by atoms with Crippen molar-refractivity contribution in [2.75, 3.05) is 36.9 Å². The lowest BCUT2D eigenvalue weighted by molar-refractivity contribution is 0.0424. The number of aryl methyl sites for hydroxylation is 1. The van der Waals surface area contributed by atoms with Crippen molar-refractivity contribution in [3.05, 3.63) is 52.2 Å². The molecule has 0 spiro atoms. The number of nitrogens with one attached hydrogen (secondary N) is 2. The van der Waals surface area contributed by atoms with E-state index in [0.717, 1.165) is 6.07 Å². The number of aromatic nitrogens is 2. The van der Waals surface area contributed by atoms with Crippen LogP contribution in [0.15, 0.2) is 23.9 Å². The summed E-state index contributed by atoms with van der Waals surface area (Å²) in [5.74, 6) is 0.365. The molecule has 2 atom stereocenters. The summed E-state index contributed by atoms with van der Waals surface area (Å²) >= 11 is 0. The minimum Gasteiger partial charge on any atom is -0.378 e. The van der Waals surface area contributed by atoms with E-state index in [1.54, 1.807) is 19.9 Å². The molecule has 0 radical (unpaired) electrons. The molecular weight excluding hydrogens is 411 g/mol. The summed E-state index contributed by atoms with van der Waals surface area (Å²) < 4.78 is 46.2. The second-order valence-electron chi connectivity index (χ2n) is 7.51. The van der Waals surface area contributed by atoms with Crippen molar-refractivity contribution in [1.82, 2.24) is 14.9 Å². The molecule has 3 N–H and O–H groups in total. The lowest BCUT2D eigenvalue weighted by atomic mass is 10.0. The Morgan fingerprint density at radius 2 is 1.94 bits per heavy atom. The third-order valence-corrected chi connectivity index (χ3v) is 5.39. The average Bonchev–Trinajstić information content (AvgIpc) is 2.73. The Morgan fingerprint density at radius 1 is 1.23 bits per heavy atom. The number of ether oxygens (including phenoxy) is 1. The largest absolute Gasteiger partial charge is 0.378 e. The number of rotatable bonds is 5. The number of alkyl halides is 2. The molecule has 166 valence electrons. The van der Waals surface area contributed by atoms with Crippen molar-refractivity contribution in [3.63, 3.8) is 0 Å². The highest BCUT2D eigenvalue weighted by Crippen LogP contribution is 2.34. The zero-order valence-electron chi connectivity index (χ0n) is 17.2. The Hall–Kier alpha value is -2.85. The number of morpholine rings is 1. The fourth-order valence-electron chi connectivity index (χ4n) is 3.81. The minimum absolute atomic E-state index is 0.115. The molecule has 7 nitrogen and oxygen atoms in total. The smallest absolute Gasteiger partial charge is 0.266 e. The van der Waals surface area contributed by atoms with Crippen LogP contribution in [0.1, 0.15) is 41.9 Å². The van der Waals surface area contributed by atoms with Crippen LogP contribution in [0.2, 0.25) is 0 Å². The van der Waals surface area contributed by atoms with Gasteiger partial charge in [0.1, 0.15) is 23.3 Å². The molecule has 1 aromatic carbocycles. The standard InChI is InChI=1S/C21H24F3N5O2/c1-11(13-4-3-5-14(17(13)22)18(23)24)25-19-15-10-16(29-6-8-31-9-7-29)21(30)28-20(15)27-12(2)26-19/h3-5,10-11,18,21,30H,6-9H2,1-2H3,(H2,25,26,27,28)/t11-,21?/m1/s1. The summed E-state index contributed by atoms with van der Waals surface area (Å²) in [6.45, 7) is 5.76. The maximum atomic E-state index is 14.6. The first-order valence-electron chi connectivity index (χ1n) is 10.1. The minimum atomic E-state index is -2.90. The monoisotopic (exact) mass is 435 g/mol. The van der Waals surface area contributed by atoms with Crippen LogP contribution in [0.3, 0.4) is 0 Å². The second-order valence-corrected chi connectivity index (χ2v) is 7.51. The number of benzene rings is 1. The van der Waals surface area contributed by atoms with Crippen molar-refractivity contribution < 1.29 is 23.0 Å². The van der Waals surface area contributed by atoms with Gasteiger partial charge in [0.15, 0.2) is 6.23 Å². The summed E-state index contributed by atoms with van der Waals surface area (Å²) in [7, 11) is 0. The molecule has 1 fully saturated rings. The maximum absolute atomic E-state index is 14.6. The first-order valence-corrected chi connectivity index (χ1v) is 10.1. The molecule has 3 heterocycles. The molecule has 10 heteroatoms. The van der Waals surface area contributed by atoms with Gasteiger partial charge >= 0.3 is 0 Å². The van der Waals surface area contributed by atoms with Gasteiger partial charge in [-0.05, 0) is 19.9 Å². The van der Waals surface area contributed by atoms with Crippen molar-refractivity contribution in [1.29, 1.82) is 0 Å². The zero-order chi connectivity index (χ0) is 22.1. The highest BCUT2D eigenvalue weighted by atomic mass is 19.3. The lowest BCUT2D eigenvalue weighted by Crippen LogP contribution is -2.42. The zero-order valence-corrected chi connectivity index (χ0v) is 17.2. The highest BCUT2D eigenvalue weighted by molar-refractivity contribution is 5.78. The molecule has 2 aromatic rings. The molecular formula is C21H24F3N5O2. The van der Waals surface area contributed by atoms with Gasteiger partial charge < -0.3 is 25.4 Å². The summed E-state index contributed by atoms with van der Waals surface area (Å²) in [6.07, 6.45) is -2.04. The average molecular weight is 435 g/mol. The normalized spacial score (nSPS) is 19.5. The van der Waals surface area contributed by atoms with Gasteiger partial charge in [0, 0.05) is 18.7 Å². The predicted molar refractivity (Wildman–Crippen MR) is 110 cm³/mol. The number of aliphatic hydroxyl groups is 1. The molecule has 1 saturated heterocycles. The van der Waals surface area contributed by atoms with Crippen molar-refractivity contribution in [2.45, 2.75) is 32.5 Å². The number of halogens is 3. The SMILES string of the molecule is Cc1nc2c(c(N[C@H](C)c3cccc(C(F)F)c3F)n1)C=C(N1CCOCC1)C(O)N2. The fraction of sp³-hybridized carbons (Fsp3) is 0.429. The Kier molecular flexibility index (Phi) is 6.01. The van der Waals surface area contributed by atoms with Gasteiger partial charge in [-0.1, -0.05) is 18.2 Å². The molecule has 0 bridgehead atoms. The van der Waals surface area contributed by atoms with Crippen LogP contribution >= 0.6 is 0 Å². The van der Waals surface area contributed by atoms with E-state index < -0.39 is 30.1 Å². The maximum Gasteiger partial charge on any atom is 0.266 e. The Bertz CT molecular complexity index is 995. The van der Waals surface area contributed by atoms with Gasteiger partial charge in [0.25, 0.3) is 6.43 Å². The topological polar surface area (TPSA) is 82.5 Å². The van der Waals surface area contributed by atoms with Gasteiger partial charge in [-0.15, -0.1) is 0 Å². The molecule has 31 heavy (non-hydrogen) atoms. The third kappa shape index (κ3) is 4.31. The lowest BCUT2D eigenvalue weighted by Gasteiger charge is -2.36. The van der Waals surface area contributed by atoms with Gasteiger partial charge in [0.2, 0.25) is 0 Å². The highest BCUT2D eigenvalue weighted by Gasteiger charge is 2.28. The van der Waals surface area contributed by atoms with E-state index in [9.17, 15) is 18.3 Å².